The summed E-state index contributed by atoms with van der Waals surface area (Å²) in [5.74, 6) is 1.02. The van der Waals surface area contributed by atoms with E-state index in [0.29, 0.717) is 29.4 Å². The van der Waals surface area contributed by atoms with Gasteiger partial charge < -0.3 is 19.9 Å². The van der Waals surface area contributed by atoms with Gasteiger partial charge in [0.1, 0.15) is 19.3 Å². The molecule has 0 bridgehead atoms. The first kappa shape index (κ1) is 21.2. The molecule has 148 valence electrons. The van der Waals surface area contributed by atoms with Gasteiger partial charge in [-0.1, -0.05) is 24.8 Å². The van der Waals surface area contributed by atoms with Crippen LogP contribution in [0, 0.1) is 6.92 Å². The second-order valence-corrected chi connectivity index (χ2v) is 6.27. The maximum Gasteiger partial charge on any atom is 0.189 e. The molecule has 1 atom stereocenters. The lowest BCUT2D eigenvalue weighted by Crippen LogP contribution is -2.30. The molecule has 6 nitrogen and oxygen atoms in total. The summed E-state index contributed by atoms with van der Waals surface area (Å²) in [6.45, 7) is 7.96. The van der Waals surface area contributed by atoms with Gasteiger partial charge in [0.15, 0.2) is 17.3 Å². The fourth-order valence-corrected chi connectivity index (χ4v) is 2.41. The van der Waals surface area contributed by atoms with Gasteiger partial charge in [-0.05, 0) is 37.6 Å². The number of nitrogens with zero attached hydrogens (tertiary/aromatic N) is 1. The molecule has 0 spiro atoms. The molecule has 6 heteroatoms. The molecule has 0 aliphatic carbocycles. The molecule has 0 saturated heterocycles. The second-order valence-electron chi connectivity index (χ2n) is 6.27. The summed E-state index contributed by atoms with van der Waals surface area (Å²) >= 11 is 0. The molecular formula is C22H26N2O4. The summed E-state index contributed by atoms with van der Waals surface area (Å²) in [6, 6.07) is 9.04. The van der Waals surface area contributed by atoms with Crippen LogP contribution in [-0.2, 0) is 0 Å². The number of carbonyl (C=O) groups excluding carboxylic acids is 1. The monoisotopic (exact) mass is 382 g/mol. The number of carbonyl (C=O) groups is 1. The zero-order valence-corrected chi connectivity index (χ0v) is 16.2. The molecule has 0 aliphatic rings. The van der Waals surface area contributed by atoms with Crippen molar-refractivity contribution in [2.75, 3.05) is 19.8 Å². The van der Waals surface area contributed by atoms with E-state index in [1.54, 1.807) is 43.6 Å². The number of hydrogen-bond acceptors (Lipinski definition) is 6. The largest absolute Gasteiger partial charge is 0.487 e. The van der Waals surface area contributed by atoms with E-state index in [-0.39, 0.29) is 18.9 Å². The first-order chi connectivity index (χ1) is 13.5. The van der Waals surface area contributed by atoms with Gasteiger partial charge >= 0.3 is 0 Å². The summed E-state index contributed by atoms with van der Waals surface area (Å²) in [7, 11) is 0. The number of aliphatic hydroxyl groups excluding tert-OH is 1. The zero-order chi connectivity index (χ0) is 20.4. The fraction of sp³-hybridized carbons (Fsp3) is 0.273. The molecule has 2 aromatic rings. The minimum Gasteiger partial charge on any atom is -0.487 e. The van der Waals surface area contributed by atoms with Gasteiger partial charge in [0.05, 0.1) is 0 Å². The van der Waals surface area contributed by atoms with Crippen molar-refractivity contribution in [3.05, 3.63) is 78.3 Å². The Kier molecular flexibility index (Phi) is 8.24. The lowest BCUT2D eigenvalue weighted by molar-refractivity contribution is 0.103. The molecule has 0 saturated carbocycles. The highest BCUT2D eigenvalue weighted by molar-refractivity contribution is 6.05. The Labute approximate surface area is 165 Å². The third-order valence-electron chi connectivity index (χ3n) is 3.91. The van der Waals surface area contributed by atoms with E-state index >= 15 is 0 Å². The predicted octanol–water partition coefficient (Wildman–Crippen LogP) is 3.07. The second kappa shape index (κ2) is 10.9. The third kappa shape index (κ3) is 6.55. The molecule has 28 heavy (non-hydrogen) atoms. The van der Waals surface area contributed by atoms with E-state index in [0.717, 1.165) is 5.56 Å². The molecule has 1 aromatic heterocycles. The highest BCUT2D eigenvalue weighted by Crippen LogP contribution is 2.26. The van der Waals surface area contributed by atoms with Crippen LogP contribution in [0.1, 0.15) is 22.8 Å². The van der Waals surface area contributed by atoms with Crippen molar-refractivity contribution in [1.29, 1.82) is 0 Å². The number of allylic oxidation sites excluding steroid dienone is 2. The van der Waals surface area contributed by atoms with Crippen molar-refractivity contribution in [1.82, 2.24) is 10.3 Å². The van der Waals surface area contributed by atoms with E-state index in [9.17, 15) is 9.90 Å². The van der Waals surface area contributed by atoms with Crippen molar-refractivity contribution >= 4 is 5.78 Å². The van der Waals surface area contributed by atoms with Crippen LogP contribution in [0.15, 0.2) is 67.2 Å². The van der Waals surface area contributed by atoms with Crippen LogP contribution in [0.3, 0.4) is 0 Å². The Bertz CT molecular complexity index is 833. The van der Waals surface area contributed by atoms with Crippen LogP contribution in [0.4, 0.5) is 0 Å². The summed E-state index contributed by atoms with van der Waals surface area (Å²) in [5, 5.41) is 13.2. The van der Waals surface area contributed by atoms with Crippen LogP contribution in [0.2, 0.25) is 0 Å². The van der Waals surface area contributed by atoms with Crippen LogP contribution in [-0.4, -0.2) is 41.7 Å². The van der Waals surface area contributed by atoms with Crippen LogP contribution >= 0.6 is 0 Å². The van der Waals surface area contributed by atoms with Crippen molar-refractivity contribution in [2.45, 2.75) is 20.0 Å². The van der Waals surface area contributed by atoms with Crippen molar-refractivity contribution in [3.8, 4) is 11.5 Å². The summed E-state index contributed by atoms with van der Waals surface area (Å²) < 4.78 is 11.2. The van der Waals surface area contributed by atoms with Gasteiger partial charge in [-0.3, -0.25) is 9.78 Å². The number of para-hydroxylation sites is 2. The first-order valence-corrected chi connectivity index (χ1v) is 9.02. The van der Waals surface area contributed by atoms with Gasteiger partial charge in [0.25, 0.3) is 0 Å². The number of hydrogen-bond donors (Lipinski definition) is 2. The number of benzene rings is 1. The minimum absolute atomic E-state index is 0.0877. The Balaban J connectivity index is 1.84. The van der Waals surface area contributed by atoms with E-state index in [1.165, 1.54) is 6.08 Å². The normalized spacial score (nSPS) is 12.2. The maximum atomic E-state index is 12.3. The average molecular weight is 382 g/mol. The van der Waals surface area contributed by atoms with Crippen molar-refractivity contribution in [3.63, 3.8) is 0 Å². The summed E-state index contributed by atoms with van der Waals surface area (Å²) in [5.41, 5.74) is 2.08. The van der Waals surface area contributed by atoms with Crippen LogP contribution in [0.25, 0.3) is 0 Å². The van der Waals surface area contributed by atoms with Gasteiger partial charge in [0, 0.05) is 36.3 Å². The molecule has 2 N–H and O–H groups in total. The third-order valence-corrected chi connectivity index (χ3v) is 3.91. The lowest BCUT2D eigenvalue weighted by atomic mass is 10.1. The van der Waals surface area contributed by atoms with Crippen LogP contribution in [0.5, 0.6) is 11.5 Å². The van der Waals surface area contributed by atoms with E-state index < -0.39 is 6.10 Å². The molecule has 1 unspecified atom stereocenters. The summed E-state index contributed by atoms with van der Waals surface area (Å²) in [4.78, 5) is 16.3. The molecule has 2 rings (SSSR count). The van der Waals surface area contributed by atoms with Gasteiger partial charge in [-0.25, -0.2) is 0 Å². The number of nitrogens with one attached hydrogen (secondary N) is 1. The van der Waals surface area contributed by atoms with Crippen molar-refractivity contribution in [2.24, 2.45) is 0 Å². The Morgan fingerprint density at radius 2 is 2.00 bits per heavy atom. The maximum absolute atomic E-state index is 12.3. The van der Waals surface area contributed by atoms with Gasteiger partial charge in [-0.2, -0.15) is 0 Å². The number of aromatic nitrogens is 1. The lowest BCUT2D eigenvalue weighted by Gasteiger charge is -2.16. The quantitative estimate of drug-likeness (QED) is 0.353. The first-order valence-electron chi connectivity index (χ1n) is 9.02. The van der Waals surface area contributed by atoms with E-state index in [4.69, 9.17) is 9.47 Å². The molecule has 0 aliphatic heterocycles. The van der Waals surface area contributed by atoms with Crippen molar-refractivity contribution < 1.29 is 19.4 Å². The Hall–Kier alpha value is -3.12. The minimum atomic E-state index is -0.758. The topological polar surface area (TPSA) is 80.7 Å². The molecular weight excluding hydrogens is 356 g/mol. The fourth-order valence-electron chi connectivity index (χ4n) is 2.41. The molecule has 0 fully saturated rings. The number of aliphatic hydroxyl groups is 1. The Morgan fingerprint density at radius 3 is 2.68 bits per heavy atom. The molecule has 0 radical (unpaired) electrons. The number of rotatable bonds is 11. The highest BCUT2D eigenvalue weighted by Gasteiger charge is 2.10. The highest BCUT2D eigenvalue weighted by atomic mass is 16.5. The van der Waals surface area contributed by atoms with E-state index in [1.807, 2.05) is 19.1 Å². The predicted molar refractivity (Wildman–Crippen MR) is 109 cm³/mol. The number of ketones is 1. The molecule has 1 aromatic carbocycles. The Morgan fingerprint density at radius 1 is 1.29 bits per heavy atom. The zero-order valence-electron chi connectivity index (χ0n) is 16.2. The smallest absolute Gasteiger partial charge is 0.189 e. The van der Waals surface area contributed by atoms with E-state index in [2.05, 4.69) is 16.9 Å². The molecule has 0 amide bonds. The SMILES string of the molecule is C=CCOc1ccccc1OCC(O)CNC(C)=CC(=O)c1cnccc1C. The van der Waals surface area contributed by atoms with Gasteiger partial charge in [-0.15, -0.1) is 0 Å². The molecule has 1 heterocycles. The number of pyridine rings is 1. The summed E-state index contributed by atoms with van der Waals surface area (Å²) in [6.07, 6.45) is 5.59. The number of ether oxygens (including phenoxy) is 2. The van der Waals surface area contributed by atoms with Crippen LogP contribution < -0.4 is 14.8 Å². The standard InChI is InChI=1S/C22H26N2O4/c1-4-11-27-21-7-5-6-8-22(21)28-15-18(25)13-24-17(3)12-20(26)19-14-23-10-9-16(19)2/h4-10,12,14,18,24-25H,1,11,13,15H2,2-3H3. The van der Waals surface area contributed by atoms with Gasteiger partial charge in [0.2, 0.25) is 0 Å². The number of aryl methyl sites for hydroxylation is 1. The average Bonchev–Trinajstić information content (AvgIpc) is 2.70.